The highest BCUT2D eigenvalue weighted by atomic mass is 32.1. The molecule has 1 aromatic carbocycles. The summed E-state index contributed by atoms with van der Waals surface area (Å²) in [5, 5.41) is 20.9. The van der Waals surface area contributed by atoms with E-state index in [1.807, 2.05) is 0 Å². The summed E-state index contributed by atoms with van der Waals surface area (Å²) in [7, 11) is 0. The van der Waals surface area contributed by atoms with Crippen LogP contribution in [0.3, 0.4) is 0 Å². The number of anilines is 2. The van der Waals surface area contributed by atoms with Gasteiger partial charge in [-0.15, -0.1) is 11.3 Å². The van der Waals surface area contributed by atoms with Crippen molar-refractivity contribution >= 4 is 43.1 Å². The number of fused-ring (bicyclic) bond motifs is 7. The molecule has 11 nitrogen and oxygen atoms in total. The van der Waals surface area contributed by atoms with Crippen molar-refractivity contribution in [3.05, 3.63) is 34.5 Å². The van der Waals surface area contributed by atoms with E-state index in [9.17, 15) is 14.8 Å². The second-order valence-corrected chi connectivity index (χ2v) is 15.6. The minimum absolute atomic E-state index is 0.000243. The lowest BCUT2D eigenvalue weighted by Crippen LogP contribution is -2.55. The van der Waals surface area contributed by atoms with Crippen LogP contribution in [0.15, 0.2) is 6.20 Å². The number of aliphatic hydroxyl groups excluding tert-OH is 1. The van der Waals surface area contributed by atoms with Crippen molar-refractivity contribution in [3.63, 3.8) is 0 Å². The highest BCUT2D eigenvalue weighted by molar-refractivity contribution is 7.23. The molecule has 0 saturated carbocycles. The van der Waals surface area contributed by atoms with E-state index in [4.69, 9.17) is 25.2 Å². The Balaban J connectivity index is 1.24. The second-order valence-electron chi connectivity index (χ2n) is 14.5. The number of nitrogens with zero attached hydrogens (tertiary/aromatic N) is 7. The maximum absolute atomic E-state index is 17.5. The quantitative estimate of drug-likeness (QED) is 0.278. The number of likely N-dealkylation sites (tertiary alicyclic amines) is 1. The zero-order valence-electron chi connectivity index (χ0n) is 27.6. The van der Waals surface area contributed by atoms with Crippen molar-refractivity contribution in [3.8, 4) is 23.3 Å². The lowest BCUT2D eigenvalue weighted by atomic mass is 9.93. The number of pyridine rings is 1. The van der Waals surface area contributed by atoms with Crippen LogP contribution in [0.1, 0.15) is 55.7 Å². The predicted octanol–water partition coefficient (Wildman–Crippen LogP) is 4.66. The van der Waals surface area contributed by atoms with E-state index in [2.05, 4.69) is 25.8 Å². The van der Waals surface area contributed by atoms with Gasteiger partial charge in [-0.1, -0.05) is 0 Å². The van der Waals surface area contributed by atoms with Crippen molar-refractivity contribution in [2.24, 2.45) is 0 Å². The normalized spacial score (nSPS) is 27.0. The summed E-state index contributed by atoms with van der Waals surface area (Å²) in [4.78, 5) is 20.8. The minimum Gasteiger partial charge on any atom is -0.461 e. The number of thiophene rings is 1. The van der Waals surface area contributed by atoms with Crippen LogP contribution in [0.2, 0.25) is 0 Å². The van der Waals surface area contributed by atoms with Gasteiger partial charge in [0.2, 0.25) is 0 Å². The van der Waals surface area contributed by atoms with Crippen LogP contribution < -0.4 is 15.4 Å². The molecule has 0 spiro atoms. The molecule has 8 heterocycles. The Morgan fingerprint density at radius 2 is 1.96 bits per heavy atom. The number of nitriles is 1. The van der Waals surface area contributed by atoms with E-state index in [-0.39, 0.29) is 75.3 Å². The number of rotatable bonds is 7. The van der Waals surface area contributed by atoms with Crippen LogP contribution in [0.4, 0.5) is 24.0 Å². The number of halogens is 3. The molecule has 5 aliphatic rings. The molecule has 3 aromatic heterocycles. The second kappa shape index (κ2) is 11.9. The molecule has 4 aromatic rings. The molecular formula is C35H37F3N8O3S. The first-order chi connectivity index (χ1) is 24.2. The van der Waals surface area contributed by atoms with Gasteiger partial charge < -0.3 is 25.2 Å². The van der Waals surface area contributed by atoms with Crippen molar-refractivity contribution in [2.75, 3.05) is 50.0 Å². The average Bonchev–Trinajstić information content (AvgIpc) is 3.88. The van der Waals surface area contributed by atoms with Crippen LogP contribution in [-0.4, -0.2) is 99.1 Å². The number of hydrogen-bond donors (Lipinski definition) is 2. The number of ether oxygens (including phenoxy) is 2. The third-order valence-electron chi connectivity index (χ3n) is 11.4. The van der Waals surface area contributed by atoms with E-state index in [0.717, 1.165) is 49.8 Å². The van der Waals surface area contributed by atoms with E-state index in [0.29, 0.717) is 54.9 Å². The van der Waals surface area contributed by atoms with Crippen molar-refractivity contribution in [1.29, 1.82) is 5.26 Å². The molecule has 4 fully saturated rings. The third-order valence-corrected chi connectivity index (χ3v) is 12.4. The van der Waals surface area contributed by atoms with E-state index in [1.54, 1.807) is 6.92 Å². The lowest BCUT2D eigenvalue weighted by molar-refractivity contribution is 0.107. The SMILES string of the molecule is C[C@H](O)CN1CC2CCC(C1)N2c1nc(OC[C@@]23CCCN2C[C@H](F)C3)nc2c(F)c(-c3ncc(F)c4sc(N)c(C#N)c34)c3c(c12)COC3. The molecule has 0 radical (unpaired) electrons. The van der Waals surface area contributed by atoms with Gasteiger partial charge in [-0.3, -0.25) is 14.8 Å². The Labute approximate surface area is 290 Å². The van der Waals surface area contributed by atoms with Crippen molar-refractivity contribution < 1.29 is 27.8 Å². The number of nitrogens with two attached hydrogens (primary N) is 1. The lowest BCUT2D eigenvalue weighted by Gasteiger charge is -2.42. The first kappa shape index (κ1) is 32.1. The molecule has 2 bridgehead atoms. The summed E-state index contributed by atoms with van der Waals surface area (Å²) in [6.45, 7) is 5.37. The number of β-amino-alcohol motifs (C(OH)–C–C–N with tert-alkyl or cyclic N) is 1. The minimum atomic E-state index is -0.937. The van der Waals surface area contributed by atoms with Gasteiger partial charge in [-0.25, -0.2) is 13.2 Å². The van der Waals surface area contributed by atoms with Crippen LogP contribution in [0.25, 0.3) is 32.2 Å². The van der Waals surface area contributed by atoms with Gasteiger partial charge in [0.05, 0.1) is 52.4 Å². The Hall–Kier alpha value is -3.81. The highest BCUT2D eigenvalue weighted by Crippen LogP contribution is 2.48. The summed E-state index contributed by atoms with van der Waals surface area (Å²) in [6.07, 6.45) is 3.55. The smallest absolute Gasteiger partial charge is 0.319 e. The number of alkyl halides is 1. The molecule has 2 unspecified atom stereocenters. The van der Waals surface area contributed by atoms with Crippen LogP contribution in [-0.2, 0) is 18.0 Å². The molecule has 3 N–H and O–H groups in total. The number of benzene rings is 1. The predicted molar refractivity (Wildman–Crippen MR) is 182 cm³/mol. The fourth-order valence-electron chi connectivity index (χ4n) is 9.38. The van der Waals surface area contributed by atoms with Gasteiger partial charge in [0.25, 0.3) is 0 Å². The van der Waals surface area contributed by atoms with Crippen molar-refractivity contribution in [2.45, 2.75) is 82.1 Å². The summed E-state index contributed by atoms with van der Waals surface area (Å²) in [5.74, 6) is -0.784. The molecule has 15 heteroatoms. The average molecular weight is 707 g/mol. The van der Waals surface area contributed by atoms with Crippen LogP contribution in [0, 0.1) is 23.0 Å². The monoisotopic (exact) mass is 706 g/mol. The Bertz CT molecular complexity index is 2080. The first-order valence-corrected chi connectivity index (χ1v) is 18.1. The standard InChI is InChI=1S/C35H37F3N8O3S/c1-17(47)10-44-12-19-3-4-20(13-44)46(19)33-27-23-15-48-14-22(23)25(29-26-21(8-39)32(40)50-31(26)24(37)9-41-29)28(38)30(27)42-34(43-33)49-16-35-5-2-6-45(35)11-18(36)7-35/h9,17-20,47H,2-7,10-16,40H2,1H3/t17-,18+,19?,20?,35-/m0/s1. The van der Waals surface area contributed by atoms with Gasteiger partial charge in [0.1, 0.15) is 35.2 Å². The molecule has 9 rings (SSSR count). The van der Waals surface area contributed by atoms with Gasteiger partial charge in [0.15, 0.2) is 11.6 Å². The number of aliphatic hydroxyl groups is 1. The van der Waals surface area contributed by atoms with Crippen molar-refractivity contribution in [1.82, 2.24) is 24.8 Å². The number of nitrogen functional groups attached to an aromatic ring is 1. The molecule has 0 aliphatic carbocycles. The number of aromatic nitrogens is 3. The topological polar surface area (TPSA) is 137 Å². The molecule has 50 heavy (non-hydrogen) atoms. The van der Waals surface area contributed by atoms with E-state index in [1.165, 1.54) is 0 Å². The van der Waals surface area contributed by atoms with Gasteiger partial charge in [-0.05, 0) is 50.3 Å². The zero-order valence-corrected chi connectivity index (χ0v) is 28.4. The summed E-state index contributed by atoms with van der Waals surface area (Å²) in [6, 6.07) is 2.19. The fraction of sp³-hybridized carbons (Fsp3) is 0.543. The highest BCUT2D eigenvalue weighted by Gasteiger charge is 2.50. The Morgan fingerprint density at radius 3 is 2.72 bits per heavy atom. The Morgan fingerprint density at radius 1 is 1.18 bits per heavy atom. The van der Waals surface area contributed by atoms with Gasteiger partial charge in [0, 0.05) is 55.6 Å². The molecule has 0 amide bonds. The fourth-order valence-corrected chi connectivity index (χ4v) is 10.3. The van der Waals surface area contributed by atoms with E-state index < -0.39 is 29.4 Å². The van der Waals surface area contributed by atoms with Crippen LogP contribution >= 0.6 is 11.3 Å². The molecule has 262 valence electrons. The van der Waals surface area contributed by atoms with Gasteiger partial charge in [-0.2, -0.15) is 15.2 Å². The van der Waals surface area contributed by atoms with E-state index >= 15 is 8.78 Å². The first-order valence-electron chi connectivity index (χ1n) is 17.3. The van der Waals surface area contributed by atoms with Gasteiger partial charge >= 0.3 is 6.01 Å². The summed E-state index contributed by atoms with van der Waals surface area (Å²) in [5.41, 5.74) is 7.18. The maximum Gasteiger partial charge on any atom is 0.319 e. The molecule has 5 atom stereocenters. The molecular weight excluding hydrogens is 669 g/mol. The maximum atomic E-state index is 17.5. The third kappa shape index (κ3) is 4.86. The molecule has 5 aliphatic heterocycles. The number of hydrogen-bond acceptors (Lipinski definition) is 12. The largest absolute Gasteiger partial charge is 0.461 e. The van der Waals surface area contributed by atoms with Crippen LogP contribution in [0.5, 0.6) is 6.01 Å². The number of piperazine rings is 1. The Kier molecular flexibility index (Phi) is 7.63. The summed E-state index contributed by atoms with van der Waals surface area (Å²) >= 11 is 0.926. The summed E-state index contributed by atoms with van der Waals surface area (Å²) < 4.78 is 59.6. The molecule has 4 saturated heterocycles. The zero-order chi connectivity index (χ0) is 34.5.